The zero-order chi connectivity index (χ0) is 69.4. The Balaban J connectivity index is 0.000000164. The van der Waals surface area contributed by atoms with E-state index in [1.54, 1.807) is 19.1 Å². The fourth-order valence-corrected chi connectivity index (χ4v) is 21.0. The molecule has 13 N–H and O–H groups in total. The van der Waals surface area contributed by atoms with Gasteiger partial charge in [0.15, 0.2) is 11.6 Å². The number of phenols is 4. The summed E-state index contributed by atoms with van der Waals surface area (Å²) in [5, 5.41) is 110. The van der Waals surface area contributed by atoms with Crippen LogP contribution in [0.4, 0.5) is 0 Å². The Hall–Kier alpha value is -7.13. The second kappa shape index (κ2) is 27.5. The summed E-state index contributed by atoms with van der Waals surface area (Å²) in [6.45, 7) is 1.66. The number of methoxy groups -OCH3 is 2. The summed E-state index contributed by atoms with van der Waals surface area (Å²) in [6, 6.07) is 22.5. The predicted octanol–water partition coefficient (Wildman–Crippen LogP) is 4.10. The van der Waals surface area contributed by atoms with Crippen LogP contribution in [0.3, 0.4) is 0 Å². The zero-order valence-corrected chi connectivity index (χ0v) is 58.3. The molecule has 97 heavy (non-hydrogen) atoms. The SMILES string of the molecule is COc1cccc2c1C(=O)c1c(O)c3c(c(O)c1C2=O)CC(O)(C(=O)CO)CC3OC1CC(C)C(O)C(N)C1.COc1cccc2c1C(=O)c1c(O)c3c(c(O)c1C2=O)CC(O)(C(=O)CO)CC3OC1CC(C)C(O)C([NH][Sb]2[O]c3ccccc3[O]2)C1.[Cl][Sb]1[O]c2ccccc2[O]1. The minimum atomic E-state index is -2.99. The number of hydrogen-bond acceptors (Lipinski definition) is 26. The number of rotatable bonds is 12. The fraction of sp³-hybridized carbons (Fsp3) is 0.382. The summed E-state index contributed by atoms with van der Waals surface area (Å²) in [6.07, 6.45) is -5.81. The number of aliphatic hydroxyl groups is 6. The van der Waals surface area contributed by atoms with Crippen molar-refractivity contribution in [1.29, 1.82) is 0 Å². The standard InChI is InChI=1S/C28H31NO10.C28H30NO10.2C6H6O2.ClH.2Sb/c2*1-11-6-12(7-15(29)23(11)32)39-17-9-28(37,18(31)10-30)8-14-20(17)27(36)22-21(25(14)34)24(33)13-4-3-5-16(38-2)19(13)26(22)35;2*7-5-3-1-2-4-6(5)8;;;/h3-5,11-12,15,17,23,30,32,34,36-37H,6-10,29H2,1-2H3;3-5,11-12,15,17,23,29-30,32,34,36-37H,6-10H2,1-2H3;2*1-4,7-8H;1H;;/q;-1;;;;2*+3/p-5. The molecule has 12 atom stereocenters. The number of halogens is 1. The van der Waals surface area contributed by atoms with E-state index in [2.05, 4.69) is 3.48 Å². The van der Waals surface area contributed by atoms with E-state index in [4.69, 9.17) is 45.6 Å². The molecule has 0 saturated heterocycles. The molecule has 6 aliphatic carbocycles. The molecule has 12 unspecified atom stereocenters. The molecule has 512 valence electrons. The predicted molar refractivity (Wildman–Crippen MR) is 342 cm³/mol. The van der Waals surface area contributed by atoms with Gasteiger partial charge < -0.3 is 45.5 Å². The van der Waals surface area contributed by atoms with Crippen molar-refractivity contribution >= 4 is 84.8 Å². The third-order valence-electron chi connectivity index (χ3n) is 19.2. The molecule has 0 radical (unpaired) electrons. The number of hydrogen-bond donors (Lipinski definition) is 12. The van der Waals surface area contributed by atoms with Gasteiger partial charge in [0.05, 0.1) is 49.2 Å². The van der Waals surface area contributed by atoms with Crippen molar-refractivity contribution in [2.75, 3.05) is 27.4 Å². The van der Waals surface area contributed by atoms with Crippen LogP contribution in [0.25, 0.3) is 0 Å². The molecule has 6 aromatic carbocycles. The molecule has 2 saturated carbocycles. The Bertz CT molecular complexity index is 4150. The van der Waals surface area contributed by atoms with Crippen molar-refractivity contribution in [2.24, 2.45) is 17.6 Å². The van der Waals surface area contributed by atoms with Crippen LogP contribution in [0.15, 0.2) is 84.9 Å². The van der Waals surface area contributed by atoms with E-state index in [9.17, 15) is 79.8 Å². The summed E-state index contributed by atoms with van der Waals surface area (Å²) < 4.78 is 49.2. The number of aromatic hydroxyl groups is 4. The van der Waals surface area contributed by atoms with Crippen LogP contribution in [-0.4, -0.2) is 202 Å². The second-order valence-electron chi connectivity index (χ2n) is 25.2. The second-order valence-corrected chi connectivity index (χ2v) is 32.6. The van der Waals surface area contributed by atoms with Crippen molar-refractivity contribution in [2.45, 2.75) is 125 Å². The van der Waals surface area contributed by atoms with Crippen LogP contribution in [0.2, 0.25) is 0 Å². The average molecular weight is 1580 g/mol. The van der Waals surface area contributed by atoms with Gasteiger partial charge in [0, 0.05) is 35.6 Å². The summed E-state index contributed by atoms with van der Waals surface area (Å²) in [5.41, 5.74) is -0.647. The van der Waals surface area contributed by atoms with Gasteiger partial charge in [0.25, 0.3) is 0 Å². The van der Waals surface area contributed by atoms with Crippen molar-refractivity contribution in [1.82, 2.24) is 3.48 Å². The Labute approximate surface area is 574 Å². The molecule has 2 aliphatic heterocycles. The molecule has 29 heteroatoms. The van der Waals surface area contributed by atoms with E-state index in [-0.39, 0.29) is 80.7 Å². The molecule has 2 fully saturated rings. The number of fused-ring (bicyclic) bond motifs is 8. The van der Waals surface area contributed by atoms with Crippen molar-refractivity contribution in [3.63, 3.8) is 0 Å². The number of phenolic OH excluding ortho intramolecular Hbond substituents is 4. The quantitative estimate of drug-likeness (QED) is 0.0605. The molecule has 26 nitrogen and oxygen atoms in total. The van der Waals surface area contributed by atoms with E-state index < -0.39 is 220 Å². The Morgan fingerprint density at radius 1 is 0.557 bits per heavy atom. The topological polar surface area (TPSA) is 417 Å². The van der Waals surface area contributed by atoms with Crippen LogP contribution in [0, 0.1) is 11.8 Å². The third-order valence-corrected chi connectivity index (χ3v) is 25.7. The molecule has 0 spiro atoms. The molecule has 14 rings (SSSR count). The number of para-hydroxylation sites is 4. The summed E-state index contributed by atoms with van der Waals surface area (Å²) in [4.78, 5) is 80.3. The van der Waals surface area contributed by atoms with Crippen LogP contribution < -0.4 is 30.7 Å². The van der Waals surface area contributed by atoms with Gasteiger partial charge in [-0.25, -0.2) is 0 Å². The molecule has 2 heterocycles. The van der Waals surface area contributed by atoms with Crippen LogP contribution in [0.1, 0.15) is 151 Å². The van der Waals surface area contributed by atoms with Crippen molar-refractivity contribution < 1.29 is 111 Å². The number of ketones is 6. The number of carbonyl (C=O) groups is 6. The first-order chi connectivity index (χ1) is 46.2. The number of benzene rings is 6. The minimum absolute atomic E-state index is 0.0319. The zero-order valence-electron chi connectivity index (χ0n) is 52.5. The summed E-state index contributed by atoms with van der Waals surface area (Å²) in [5.74, 6) is -4.85. The maximum atomic E-state index is 13.9. The Kier molecular flexibility index (Phi) is 19.8. The van der Waals surface area contributed by atoms with Crippen molar-refractivity contribution in [3.05, 3.63) is 152 Å². The summed E-state index contributed by atoms with van der Waals surface area (Å²) >= 11 is -5.24. The van der Waals surface area contributed by atoms with E-state index in [0.717, 1.165) is 11.5 Å². The Morgan fingerprint density at radius 2 is 0.948 bits per heavy atom. The van der Waals surface area contributed by atoms with Gasteiger partial charge in [-0.2, -0.15) is 0 Å². The fourth-order valence-electron chi connectivity index (χ4n) is 14.3. The number of Topliss-reactive ketones (excluding diaryl/α,β-unsaturated/α-hetero) is 2. The van der Waals surface area contributed by atoms with E-state index in [1.165, 1.54) is 50.6 Å². The number of carbonyl (C=O) groups excluding carboxylic acids is 6. The molecule has 0 amide bonds. The number of nitrogens with two attached hydrogens (primary N) is 1. The first-order valence-corrected chi connectivity index (χ1v) is 39.7. The van der Waals surface area contributed by atoms with E-state index in [1.807, 2.05) is 43.3 Å². The van der Waals surface area contributed by atoms with Gasteiger partial charge in [-0.15, -0.1) is 0 Å². The van der Waals surface area contributed by atoms with Gasteiger partial charge in [-0.3, -0.25) is 14.4 Å². The van der Waals surface area contributed by atoms with Crippen molar-refractivity contribution in [3.8, 4) is 57.5 Å². The molecular weight excluding hydrogens is 1510 g/mol. The first-order valence-electron chi connectivity index (χ1n) is 31.1. The summed E-state index contributed by atoms with van der Waals surface area (Å²) in [7, 11) is 8.39. The van der Waals surface area contributed by atoms with Gasteiger partial charge >= 0.3 is 325 Å². The molecular formula is C68H69ClN2O24Sb2. The van der Waals surface area contributed by atoms with Crippen LogP contribution >= 0.6 is 8.83 Å². The monoisotopic (exact) mass is 1570 g/mol. The Morgan fingerprint density at radius 3 is 1.35 bits per heavy atom. The van der Waals surface area contributed by atoms with E-state index in [0.29, 0.717) is 24.3 Å². The van der Waals surface area contributed by atoms with Crippen LogP contribution in [-0.2, 0) is 31.9 Å². The molecule has 0 bridgehead atoms. The average Bonchev–Trinajstić information content (AvgIpc) is 1.06. The third kappa shape index (κ3) is 12.6. The van der Waals surface area contributed by atoms with Crippen LogP contribution in [0.5, 0.6) is 57.5 Å². The maximum absolute atomic E-state index is 13.9. The van der Waals surface area contributed by atoms with Gasteiger partial charge in [0.1, 0.15) is 29.5 Å². The first kappa shape index (κ1) is 69.8. The number of aliphatic hydroxyl groups excluding tert-OH is 4. The van der Waals surface area contributed by atoms with Gasteiger partial charge in [-0.1, -0.05) is 31.2 Å². The number of ether oxygens (including phenoxy) is 4. The molecule has 8 aliphatic rings. The van der Waals surface area contributed by atoms with Gasteiger partial charge in [-0.05, 0) is 30.9 Å². The number of nitrogens with one attached hydrogen (secondary N) is 1. The molecule has 6 aromatic rings. The van der Waals surface area contributed by atoms with Gasteiger partial charge in [0.2, 0.25) is 5.78 Å². The normalized spacial score (nSPS) is 27.3. The molecule has 0 aromatic heterocycles. The van der Waals surface area contributed by atoms with E-state index >= 15 is 0 Å².